The van der Waals surface area contributed by atoms with Crippen LogP contribution in [0.25, 0.3) is 0 Å². The fourth-order valence-corrected chi connectivity index (χ4v) is 2.40. The van der Waals surface area contributed by atoms with Crippen LogP contribution in [0.15, 0.2) is 24.3 Å². The first kappa shape index (κ1) is 18.9. The number of carbonyl (C=O) groups excluding carboxylic acids is 1. The third-order valence-corrected chi connectivity index (χ3v) is 3.86. The number of amides is 1. The third-order valence-electron chi connectivity index (χ3n) is 3.86. The first-order chi connectivity index (χ1) is 9.88. The Hall–Kier alpha value is -1.10. The van der Waals surface area contributed by atoms with Gasteiger partial charge in [0.15, 0.2) is 0 Å². The topological polar surface area (TPSA) is 50.4 Å². The van der Waals surface area contributed by atoms with Crippen LogP contribution in [0.1, 0.15) is 44.9 Å². The van der Waals surface area contributed by atoms with Gasteiger partial charge in [-0.05, 0) is 23.5 Å². The predicted octanol–water partition coefficient (Wildman–Crippen LogP) is 2.57. The third kappa shape index (κ3) is 4.97. The molecule has 0 radical (unpaired) electrons. The van der Waals surface area contributed by atoms with Crippen LogP contribution in [0, 0.1) is 0 Å². The van der Waals surface area contributed by atoms with E-state index in [9.17, 15) is 4.79 Å². The van der Waals surface area contributed by atoms with E-state index >= 15 is 0 Å². The second-order valence-electron chi connectivity index (χ2n) is 6.67. The number of morpholine rings is 1. The van der Waals surface area contributed by atoms with Gasteiger partial charge in [-0.1, -0.05) is 45.0 Å². The van der Waals surface area contributed by atoms with Crippen molar-refractivity contribution in [3.63, 3.8) is 0 Å². The van der Waals surface area contributed by atoms with Crippen molar-refractivity contribution >= 4 is 18.3 Å². The summed E-state index contributed by atoms with van der Waals surface area (Å²) in [5.74, 6) is -0.0467. The smallest absolute Gasteiger partial charge is 0.250 e. The van der Waals surface area contributed by atoms with Gasteiger partial charge < -0.3 is 15.4 Å². The minimum absolute atomic E-state index is 0. The Morgan fingerprint density at radius 1 is 1.32 bits per heavy atom. The number of halogens is 1. The first-order valence-corrected chi connectivity index (χ1v) is 7.61. The Morgan fingerprint density at radius 3 is 2.45 bits per heavy atom. The van der Waals surface area contributed by atoms with Crippen LogP contribution in [0.4, 0.5) is 0 Å². The molecule has 2 rings (SSSR count). The molecule has 2 atom stereocenters. The molecule has 1 fully saturated rings. The Balaban J connectivity index is 0.00000242. The summed E-state index contributed by atoms with van der Waals surface area (Å²) in [5.41, 5.74) is 2.55. The number of hydrogen-bond donors (Lipinski definition) is 2. The van der Waals surface area contributed by atoms with Crippen molar-refractivity contribution in [3.8, 4) is 0 Å². The molecule has 1 aromatic rings. The van der Waals surface area contributed by atoms with Crippen molar-refractivity contribution in [2.45, 2.75) is 45.3 Å². The van der Waals surface area contributed by atoms with E-state index < -0.39 is 0 Å². The molecular formula is C17H27ClN2O2. The summed E-state index contributed by atoms with van der Waals surface area (Å²) in [7, 11) is 0. The van der Waals surface area contributed by atoms with Crippen LogP contribution in [0.2, 0.25) is 0 Å². The van der Waals surface area contributed by atoms with Gasteiger partial charge in [0, 0.05) is 13.1 Å². The average molecular weight is 327 g/mol. The maximum Gasteiger partial charge on any atom is 0.250 e. The number of benzene rings is 1. The molecule has 22 heavy (non-hydrogen) atoms. The zero-order valence-electron chi connectivity index (χ0n) is 13.8. The first-order valence-electron chi connectivity index (χ1n) is 7.61. The predicted molar refractivity (Wildman–Crippen MR) is 91.6 cm³/mol. The van der Waals surface area contributed by atoms with Crippen molar-refractivity contribution in [3.05, 3.63) is 35.4 Å². The zero-order chi connectivity index (χ0) is 15.5. The highest BCUT2D eigenvalue weighted by Crippen LogP contribution is 2.23. The van der Waals surface area contributed by atoms with Crippen LogP contribution in [-0.4, -0.2) is 31.7 Å². The second kappa shape index (κ2) is 7.95. The fourth-order valence-electron chi connectivity index (χ4n) is 2.40. The number of hydrogen-bond acceptors (Lipinski definition) is 3. The van der Waals surface area contributed by atoms with Gasteiger partial charge in [-0.2, -0.15) is 0 Å². The highest BCUT2D eigenvalue weighted by Gasteiger charge is 2.23. The van der Waals surface area contributed by atoms with Gasteiger partial charge in [0.1, 0.15) is 6.10 Å². The summed E-state index contributed by atoms with van der Waals surface area (Å²) in [6, 6.07) is 8.43. The largest absolute Gasteiger partial charge is 0.366 e. The molecule has 1 saturated heterocycles. The summed E-state index contributed by atoms with van der Waals surface area (Å²) in [6.07, 6.45) is -0.380. The molecule has 0 saturated carbocycles. The molecule has 1 amide bonds. The van der Waals surface area contributed by atoms with Gasteiger partial charge in [0.2, 0.25) is 0 Å². The van der Waals surface area contributed by atoms with E-state index in [4.69, 9.17) is 4.74 Å². The van der Waals surface area contributed by atoms with Gasteiger partial charge in [0.05, 0.1) is 12.6 Å². The average Bonchev–Trinajstić information content (AvgIpc) is 2.47. The van der Waals surface area contributed by atoms with E-state index in [-0.39, 0.29) is 35.9 Å². The molecule has 2 unspecified atom stereocenters. The maximum atomic E-state index is 12.1. The minimum atomic E-state index is -0.380. The fraction of sp³-hybridized carbons (Fsp3) is 0.588. The molecule has 0 aromatic heterocycles. The summed E-state index contributed by atoms with van der Waals surface area (Å²) in [6.45, 7) is 10.6. The highest BCUT2D eigenvalue weighted by molar-refractivity contribution is 5.85. The molecular weight excluding hydrogens is 300 g/mol. The SMILES string of the molecule is CC(NC(=O)C1CNCCO1)c1ccc(C(C)(C)C)cc1.Cl. The number of carbonyl (C=O) groups is 1. The minimum Gasteiger partial charge on any atom is -0.366 e. The monoisotopic (exact) mass is 326 g/mol. The lowest BCUT2D eigenvalue weighted by molar-refractivity contribution is -0.134. The second-order valence-corrected chi connectivity index (χ2v) is 6.67. The summed E-state index contributed by atoms with van der Waals surface area (Å²) in [4.78, 5) is 12.1. The zero-order valence-corrected chi connectivity index (χ0v) is 14.6. The molecule has 0 aliphatic carbocycles. The number of rotatable bonds is 3. The molecule has 2 N–H and O–H groups in total. The molecule has 1 heterocycles. The lowest BCUT2D eigenvalue weighted by atomic mass is 9.86. The van der Waals surface area contributed by atoms with Gasteiger partial charge >= 0.3 is 0 Å². The summed E-state index contributed by atoms with van der Waals surface area (Å²) >= 11 is 0. The molecule has 0 spiro atoms. The Bertz CT molecular complexity index is 476. The van der Waals surface area contributed by atoms with Crippen molar-refractivity contribution in [1.82, 2.24) is 10.6 Å². The summed E-state index contributed by atoms with van der Waals surface area (Å²) < 4.78 is 5.47. The Labute approximate surface area is 139 Å². The normalized spacial score (nSPS) is 19.9. The van der Waals surface area contributed by atoms with Gasteiger partial charge in [0.25, 0.3) is 5.91 Å². The lowest BCUT2D eigenvalue weighted by Crippen LogP contribution is -2.48. The maximum absolute atomic E-state index is 12.1. The van der Waals surface area contributed by atoms with Crippen molar-refractivity contribution in [2.24, 2.45) is 0 Å². The van der Waals surface area contributed by atoms with Crippen LogP contribution < -0.4 is 10.6 Å². The van der Waals surface area contributed by atoms with E-state index in [1.807, 2.05) is 6.92 Å². The van der Waals surface area contributed by atoms with Crippen LogP contribution in [0.3, 0.4) is 0 Å². The molecule has 0 bridgehead atoms. The standard InChI is InChI=1S/C17H26N2O2.ClH/c1-12(19-16(20)15-11-18-9-10-21-15)13-5-7-14(8-6-13)17(2,3)4;/h5-8,12,15,18H,9-11H2,1-4H3,(H,19,20);1H. The quantitative estimate of drug-likeness (QED) is 0.897. The van der Waals surface area contributed by atoms with Crippen LogP contribution in [-0.2, 0) is 14.9 Å². The van der Waals surface area contributed by atoms with Crippen molar-refractivity contribution in [1.29, 1.82) is 0 Å². The van der Waals surface area contributed by atoms with E-state index in [2.05, 4.69) is 55.7 Å². The Morgan fingerprint density at radius 2 is 1.95 bits per heavy atom. The van der Waals surface area contributed by atoms with Crippen molar-refractivity contribution < 1.29 is 9.53 Å². The van der Waals surface area contributed by atoms with E-state index in [0.717, 1.165) is 12.1 Å². The highest BCUT2D eigenvalue weighted by atomic mass is 35.5. The van der Waals surface area contributed by atoms with Gasteiger partial charge in [-0.3, -0.25) is 4.79 Å². The summed E-state index contributed by atoms with van der Waals surface area (Å²) in [5, 5.41) is 6.19. The van der Waals surface area contributed by atoms with E-state index in [0.29, 0.717) is 13.2 Å². The number of ether oxygens (including phenoxy) is 1. The van der Waals surface area contributed by atoms with Crippen molar-refractivity contribution in [2.75, 3.05) is 19.7 Å². The van der Waals surface area contributed by atoms with Crippen LogP contribution >= 0.6 is 12.4 Å². The van der Waals surface area contributed by atoms with E-state index in [1.165, 1.54) is 5.56 Å². The molecule has 124 valence electrons. The molecule has 4 nitrogen and oxygen atoms in total. The van der Waals surface area contributed by atoms with Gasteiger partial charge in [-0.15, -0.1) is 12.4 Å². The van der Waals surface area contributed by atoms with E-state index in [1.54, 1.807) is 0 Å². The molecule has 1 aromatic carbocycles. The molecule has 5 heteroatoms. The molecule has 1 aliphatic heterocycles. The lowest BCUT2D eigenvalue weighted by Gasteiger charge is -2.25. The van der Waals surface area contributed by atoms with Crippen LogP contribution in [0.5, 0.6) is 0 Å². The number of nitrogens with one attached hydrogen (secondary N) is 2. The molecule has 1 aliphatic rings. The van der Waals surface area contributed by atoms with Gasteiger partial charge in [-0.25, -0.2) is 0 Å². The Kier molecular flexibility index (Phi) is 6.85.